The Hall–Kier alpha value is -4.81. The van der Waals surface area contributed by atoms with Crippen molar-refractivity contribution in [2.24, 2.45) is 34.8 Å². The molecule has 322 valence electrons. The van der Waals surface area contributed by atoms with Gasteiger partial charge in [0.1, 0.15) is 30.2 Å². The number of amides is 5. The molecule has 0 aliphatic rings. The second kappa shape index (κ2) is 27.7. The van der Waals surface area contributed by atoms with Gasteiger partial charge >= 0.3 is 5.97 Å². The molecule has 16 N–H and O–H groups in total. The number of carbonyl (C=O) groups is 6. The average Bonchev–Trinajstić information content (AvgIpc) is 3.14. The number of hydrogen-bond acceptors (Lipinski definition) is 10. The summed E-state index contributed by atoms with van der Waals surface area (Å²) < 4.78 is 0. The van der Waals surface area contributed by atoms with Gasteiger partial charge in [-0.3, -0.25) is 29.4 Å². The van der Waals surface area contributed by atoms with Crippen molar-refractivity contribution in [2.75, 3.05) is 19.6 Å². The van der Waals surface area contributed by atoms with E-state index >= 15 is 0 Å². The highest BCUT2D eigenvalue weighted by atomic mass is 16.4. The molecule has 0 bridgehead atoms. The molecule has 6 atom stereocenters. The van der Waals surface area contributed by atoms with Crippen molar-refractivity contribution in [3.05, 3.63) is 35.9 Å². The number of guanidine groups is 1. The first kappa shape index (κ1) is 50.2. The molecule has 0 saturated heterocycles. The molecule has 57 heavy (non-hydrogen) atoms. The SMILES string of the molecule is CC(C)C[C@H](NC(=O)[C@H](CCCCN)NC(=O)[C@H](Cc1ccccc1)NC(=O)[C@H](CC(C)C)NC(=O)[C@H](CCCNC(=N)N)NC(=O)[C@@H](N)CCCCN)C(=O)O. The van der Waals surface area contributed by atoms with Crippen LogP contribution in [0.4, 0.5) is 0 Å². The summed E-state index contributed by atoms with van der Waals surface area (Å²) in [4.78, 5) is 80.4. The van der Waals surface area contributed by atoms with Gasteiger partial charge in [0.15, 0.2) is 5.96 Å². The van der Waals surface area contributed by atoms with Gasteiger partial charge in [-0.1, -0.05) is 64.4 Å². The predicted octanol–water partition coefficient (Wildman–Crippen LogP) is -0.322. The van der Waals surface area contributed by atoms with Crippen molar-refractivity contribution in [1.29, 1.82) is 5.41 Å². The average molecular weight is 804 g/mol. The zero-order valence-corrected chi connectivity index (χ0v) is 34.1. The number of aliphatic carboxylic acids is 1. The number of benzene rings is 1. The summed E-state index contributed by atoms with van der Waals surface area (Å²) in [7, 11) is 0. The second-order valence-electron chi connectivity index (χ2n) is 15.3. The fourth-order valence-corrected chi connectivity index (χ4v) is 6.02. The first-order valence-corrected chi connectivity index (χ1v) is 20.0. The highest BCUT2D eigenvalue weighted by molar-refractivity contribution is 5.96. The number of carboxylic acid groups (broad SMARTS) is 1. The second-order valence-corrected chi connectivity index (χ2v) is 15.3. The van der Waals surface area contributed by atoms with Crippen LogP contribution in [0.5, 0.6) is 0 Å². The molecular weight excluding hydrogens is 734 g/mol. The van der Waals surface area contributed by atoms with Crippen LogP contribution in [-0.4, -0.2) is 102 Å². The molecule has 0 heterocycles. The summed E-state index contributed by atoms with van der Waals surface area (Å²) in [6, 6.07) is 2.32. The van der Waals surface area contributed by atoms with Gasteiger partial charge in [-0.2, -0.15) is 0 Å². The van der Waals surface area contributed by atoms with E-state index in [9.17, 15) is 33.9 Å². The minimum absolute atomic E-state index is 0.0271. The maximum Gasteiger partial charge on any atom is 0.326 e. The Balaban J connectivity index is 3.39. The molecule has 5 amide bonds. The minimum Gasteiger partial charge on any atom is -0.480 e. The maximum absolute atomic E-state index is 14.1. The van der Waals surface area contributed by atoms with Crippen LogP contribution in [0, 0.1) is 17.2 Å². The van der Waals surface area contributed by atoms with Gasteiger partial charge in [0.2, 0.25) is 29.5 Å². The summed E-state index contributed by atoms with van der Waals surface area (Å²) in [5.41, 5.74) is 23.5. The number of nitrogens with one attached hydrogen (secondary N) is 7. The lowest BCUT2D eigenvalue weighted by Crippen LogP contribution is -2.60. The van der Waals surface area contributed by atoms with Crippen molar-refractivity contribution >= 4 is 41.5 Å². The van der Waals surface area contributed by atoms with E-state index in [0.717, 1.165) is 0 Å². The Bertz CT molecular complexity index is 1410. The Labute approximate surface area is 337 Å². The van der Waals surface area contributed by atoms with Crippen molar-refractivity contribution in [1.82, 2.24) is 31.9 Å². The monoisotopic (exact) mass is 804 g/mol. The standard InChI is InChI=1S/C39H69N11O7/c1-24(2)21-30(48-34(52)29(17-12-20-45-39(43)44)46-33(51)27(42)15-8-10-18-40)36(54)49-31(23-26-13-6-5-7-14-26)37(55)47-28(16-9-11-19-41)35(53)50-32(38(56)57)22-25(3)4/h5-7,13-14,24-25,27-32H,8-12,15-23,40-42H2,1-4H3,(H,46,51)(H,47,55)(H,48,52)(H,49,54)(H,50,53)(H,56,57)(H4,43,44,45)/t27-,28-,29-,30-,31-,32-/m0/s1. The lowest BCUT2D eigenvalue weighted by Gasteiger charge is -2.28. The fourth-order valence-electron chi connectivity index (χ4n) is 6.02. The molecule has 0 aromatic heterocycles. The normalized spacial score (nSPS) is 14.3. The van der Waals surface area contributed by atoms with Crippen LogP contribution in [0.2, 0.25) is 0 Å². The van der Waals surface area contributed by atoms with Crippen LogP contribution >= 0.6 is 0 Å². The highest BCUT2D eigenvalue weighted by Gasteiger charge is 2.33. The van der Waals surface area contributed by atoms with Gasteiger partial charge in [-0.15, -0.1) is 0 Å². The summed E-state index contributed by atoms with van der Waals surface area (Å²) in [5.74, 6) is -4.76. The zero-order chi connectivity index (χ0) is 42.9. The van der Waals surface area contributed by atoms with Crippen molar-refractivity contribution < 1.29 is 33.9 Å². The van der Waals surface area contributed by atoms with E-state index < -0.39 is 71.8 Å². The third kappa shape index (κ3) is 21.3. The first-order chi connectivity index (χ1) is 27.0. The highest BCUT2D eigenvalue weighted by Crippen LogP contribution is 2.12. The van der Waals surface area contributed by atoms with E-state index in [-0.39, 0.29) is 56.4 Å². The van der Waals surface area contributed by atoms with Crippen LogP contribution in [-0.2, 0) is 35.2 Å². The Morgan fingerprint density at radius 3 is 1.58 bits per heavy atom. The third-order valence-corrected chi connectivity index (χ3v) is 9.08. The van der Waals surface area contributed by atoms with Gasteiger partial charge in [-0.05, 0) is 88.3 Å². The van der Waals surface area contributed by atoms with E-state index in [1.165, 1.54) is 0 Å². The van der Waals surface area contributed by atoms with Gasteiger partial charge in [0, 0.05) is 13.0 Å². The van der Waals surface area contributed by atoms with Gasteiger partial charge in [0.05, 0.1) is 6.04 Å². The van der Waals surface area contributed by atoms with E-state index in [2.05, 4.69) is 31.9 Å². The van der Waals surface area contributed by atoms with Crippen LogP contribution in [0.25, 0.3) is 0 Å². The molecular formula is C39H69N11O7. The first-order valence-electron chi connectivity index (χ1n) is 20.0. The lowest BCUT2D eigenvalue weighted by atomic mass is 9.99. The number of hydrogen-bond donors (Lipinski definition) is 12. The van der Waals surface area contributed by atoms with E-state index in [0.29, 0.717) is 57.2 Å². The van der Waals surface area contributed by atoms with E-state index in [1.54, 1.807) is 30.3 Å². The zero-order valence-electron chi connectivity index (χ0n) is 34.1. The minimum atomic E-state index is -1.21. The van der Waals surface area contributed by atoms with Gasteiger partial charge in [-0.25, -0.2) is 4.79 Å². The molecule has 18 nitrogen and oxygen atoms in total. The van der Waals surface area contributed by atoms with Gasteiger partial charge in [0.25, 0.3) is 0 Å². The number of unbranched alkanes of at least 4 members (excludes halogenated alkanes) is 2. The number of nitrogens with two attached hydrogens (primary N) is 4. The predicted molar refractivity (Wildman–Crippen MR) is 219 cm³/mol. The molecule has 0 aliphatic heterocycles. The molecule has 0 spiro atoms. The molecule has 0 fully saturated rings. The molecule has 0 saturated carbocycles. The van der Waals surface area contributed by atoms with E-state index in [4.69, 9.17) is 28.3 Å². The molecule has 0 unspecified atom stereocenters. The lowest BCUT2D eigenvalue weighted by molar-refractivity contribution is -0.143. The topological polar surface area (TPSA) is 323 Å². The van der Waals surface area contributed by atoms with Gasteiger partial charge < -0.3 is 59.9 Å². The van der Waals surface area contributed by atoms with E-state index in [1.807, 2.05) is 27.7 Å². The van der Waals surface area contributed by atoms with Crippen LogP contribution < -0.4 is 54.8 Å². The third-order valence-electron chi connectivity index (χ3n) is 9.08. The number of carboxylic acids is 1. The largest absolute Gasteiger partial charge is 0.480 e. The Kier molecular flexibility index (Phi) is 24.4. The summed E-state index contributed by atoms with van der Waals surface area (Å²) in [6.07, 6.45) is 3.74. The maximum atomic E-state index is 14.1. The number of rotatable bonds is 29. The molecule has 18 heteroatoms. The summed E-state index contributed by atoms with van der Waals surface area (Å²) in [6.45, 7) is 8.45. The van der Waals surface area contributed by atoms with Crippen LogP contribution in [0.15, 0.2) is 30.3 Å². The van der Waals surface area contributed by atoms with Crippen LogP contribution in [0.3, 0.4) is 0 Å². The quantitative estimate of drug-likeness (QED) is 0.0282. The van der Waals surface area contributed by atoms with Crippen LogP contribution in [0.1, 0.15) is 97.5 Å². The molecule has 1 aromatic rings. The Morgan fingerprint density at radius 1 is 0.614 bits per heavy atom. The Morgan fingerprint density at radius 2 is 1.05 bits per heavy atom. The van der Waals surface area contributed by atoms with Crippen molar-refractivity contribution in [2.45, 2.75) is 135 Å². The summed E-state index contributed by atoms with van der Waals surface area (Å²) >= 11 is 0. The fraction of sp³-hybridized carbons (Fsp3) is 0.667. The molecule has 0 radical (unpaired) electrons. The molecule has 1 rings (SSSR count). The number of carbonyl (C=O) groups excluding carboxylic acids is 5. The molecule has 0 aliphatic carbocycles. The van der Waals surface area contributed by atoms with Crippen molar-refractivity contribution in [3.8, 4) is 0 Å². The van der Waals surface area contributed by atoms with Crippen molar-refractivity contribution in [3.63, 3.8) is 0 Å². The summed E-state index contributed by atoms with van der Waals surface area (Å²) in [5, 5.41) is 33.4. The smallest absolute Gasteiger partial charge is 0.326 e. The molecule has 1 aromatic carbocycles.